The van der Waals surface area contributed by atoms with E-state index < -0.39 is 6.61 Å². The Morgan fingerprint density at radius 3 is 2.68 bits per heavy atom. The second kappa shape index (κ2) is 7.45. The zero-order valence-corrected chi connectivity index (χ0v) is 13.6. The number of hydrogen-bond donors (Lipinski definition) is 1. The molecule has 0 heterocycles. The third-order valence-corrected chi connectivity index (χ3v) is 4.40. The van der Waals surface area contributed by atoms with Crippen LogP contribution in [-0.2, 0) is 6.54 Å². The van der Waals surface area contributed by atoms with Crippen LogP contribution in [0.1, 0.15) is 19.4 Å². The van der Waals surface area contributed by atoms with Crippen LogP contribution in [0.15, 0.2) is 22.7 Å². The molecule has 1 N–H and O–H groups in total. The van der Waals surface area contributed by atoms with Gasteiger partial charge in [0.25, 0.3) is 0 Å². The number of hydrogen-bond acceptors (Lipinski definition) is 3. The molecule has 0 aromatic heterocycles. The molecule has 1 aromatic rings. The van der Waals surface area contributed by atoms with Crippen LogP contribution in [0.3, 0.4) is 0 Å². The Balaban J connectivity index is 2.68. The van der Waals surface area contributed by atoms with E-state index in [4.69, 9.17) is 0 Å². The summed E-state index contributed by atoms with van der Waals surface area (Å²) in [7, 11) is 0. The molecule has 19 heavy (non-hydrogen) atoms. The smallest absolute Gasteiger partial charge is 0.387 e. The summed E-state index contributed by atoms with van der Waals surface area (Å²) in [5, 5.41) is 3.27. The molecular formula is C13H18BrF2NOS. The largest absolute Gasteiger partial charge is 0.434 e. The Hall–Kier alpha value is -0.330. The summed E-state index contributed by atoms with van der Waals surface area (Å²) in [6.07, 6.45) is 2.05. The van der Waals surface area contributed by atoms with E-state index in [-0.39, 0.29) is 10.5 Å². The van der Waals surface area contributed by atoms with Crippen LogP contribution in [0.4, 0.5) is 8.78 Å². The van der Waals surface area contributed by atoms with Crippen LogP contribution < -0.4 is 10.1 Å². The lowest BCUT2D eigenvalue weighted by atomic mass is 10.1. The summed E-state index contributed by atoms with van der Waals surface area (Å²) in [6, 6.07) is 5.02. The monoisotopic (exact) mass is 353 g/mol. The fraction of sp³-hybridized carbons (Fsp3) is 0.538. The second-order valence-corrected chi connectivity index (χ2v) is 7.13. The van der Waals surface area contributed by atoms with E-state index in [9.17, 15) is 8.78 Å². The standard InChI is InChI=1S/C13H18BrF2NOS/c1-13(2,19-3)8-17-7-9-6-10(14)4-5-11(9)18-12(15)16/h4-6,12,17H,7-8H2,1-3H3. The molecule has 6 heteroatoms. The third kappa shape index (κ3) is 6.10. The average molecular weight is 354 g/mol. The maximum absolute atomic E-state index is 12.3. The predicted molar refractivity (Wildman–Crippen MR) is 80.1 cm³/mol. The fourth-order valence-corrected chi connectivity index (χ4v) is 2.12. The van der Waals surface area contributed by atoms with Gasteiger partial charge in [0.1, 0.15) is 5.75 Å². The first-order chi connectivity index (χ1) is 8.84. The Morgan fingerprint density at radius 1 is 1.42 bits per heavy atom. The number of benzene rings is 1. The molecule has 0 aliphatic rings. The zero-order chi connectivity index (χ0) is 14.5. The maximum atomic E-state index is 12.3. The van der Waals surface area contributed by atoms with E-state index in [1.54, 1.807) is 30.0 Å². The molecule has 0 amide bonds. The molecule has 0 bridgehead atoms. The Bertz CT molecular complexity index is 416. The maximum Gasteiger partial charge on any atom is 0.387 e. The van der Waals surface area contributed by atoms with Crippen molar-refractivity contribution in [2.45, 2.75) is 31.8 Å². The van der Waals surface area contributed by atoms with Gasteiger partial charge in [-0.25, -0.2) is 0 Å². The SMILES string of the molecule is CSC(C)(C)CNCc1cc(Br)ccc1OC(F)F. The van der Waals surface area contributed by atoms with Crippen LogP contribution in [0, 0.1) is 0 Å². The highest BCUT2D eigenvalue weighted by Crippen LogP contribution is 2.25. The van der Waals surface area contributed by atoms with Crippen molar-refractivity contribution >= 4 is 27.7 Å². The van der Waals surface area contributed by atoms with Gasteiger partial charge in [-0.1, -0.05) is 15.9 Å². The highest BCUT2D eigenvalue weighted by Gasteiger charge is 2.16. The molecule has 0 aliphatic carbocycles. The van der Waals surface area contributed by atoms with Gasteiger partial charge in [0.05, 0.1) is 0 Å². The molecule has 0 atom stereocenters. The lowest BCUT2D eigenvalue weighted by Gasteiger charge is -2.22. The van der Waals surface area contributed by atoms with Gasteiger partial charge >= 0.3 is 6.61 Å². The van der Waals surface area contributed by atoms with Gasteiger partial charge in [-0.2, -0.15) is 20.5 Å². The molecule has 0 radical (unpaired) electrons. The molecule has 108 valence electrons. The molecule has 0 saturated heterocycles. The van der Waals surface area contributed by atoms with Crippen molar-refractivity contribution in [2.24, 2.45) is 0 Å². The van der Waals surface area contributed by atoms with Crippen molar-refractivity contribution in [2.75, 3.05) is 12.8 Å². The van der Waals surface area contributed by atoms with Crippen LogP contribution >= 0.6 is 27.7 Å². The molecule has 0 spiro atoms. The van der Waals surface area contributed by atoms with Crippen molar-refractivity contribution in [3.63, 3.8) is 0 Å². The van der Waals surface area contributed by atoms with E-state index in [1.165, 1.54) is 0 Å². The first-order valence-corrected chi connectivity index (χ1v) is 7.85. The lowest BCUT2D eigenvalue weighted by molar-refractivity contribution is -0.0505. The highest BCUT2D eigenvalue weighted by atomic mass is 79.9. The lowest BCUT2D eigenvalue weighted by Crippen LogP contribution is -2.31. The van der Waals surface area contributed by atoms with E-state index in [1.807, 2.05) is 6.26 Å². The van der Waals surface area contributed by atoms with Crippen molar-refractivity contribution < 1.29 is 13.5 Å². The highest BCUT2D eigenvalue weighted by molar-refractivity contribution is 9.10. The summed E-state index contributed by atoms with van der Waals surface area (Å²) < 4.78 is 30.1. The van der Waals surface area contributed by atoms with Crippen molar-refractivity contribution in [3.05, 3.63) is 28.2 Å². The Labute approximate surface area is 125 Å². The number of ether oxygens (including phenoxy) is 1. The molecule has 0 aliphatic heterocycles. The predicted octanol–water partition coefficient (Wildman–Crippen LogP) is 4.28. The van der Waals surface area contributed by atoms with Gasteiger partial charge in [-0.15, -0.1) is 0 Å². The van der Waals surface area contributed by atoms with Crippen LogP contribution in [0.5, 0.6) is 5.75 Å². The number of alkyl halides is 2. The first kappa shape index (κ1) is 16.7. The van der Waals surface area contributed by atoms with Crippen LogP contribution in [0.25, 0.3) is 0 Å². The summed E-state index contributed by atoms with van der Waals surface area (Å²) in [4.78, 5) is 0. The minimum absolute atomic E-state index is 0.107. The number of halogens is 3. The summed E-state index contributed by atoms with van der Waals surface area (Å²) in [6.45, 7) is 2.73. The molecule has 0 fully saturated rings. The quantitative estimate of drug-likeness (QED) is 0.790. The molecule has 0 unspecified atom stereocenters. The van der Waals surface area contributed by atoms with Crippen molar-refractivity contribution in [1.82, 2.24) is 5.32 Å². The average Bonchev–Trinajstić information content (AvgIpc) is 2.32. The summed E-state index contributed by atoms with van der Waals surface area (Å²) >= 11 is 5.09. The van der Waals surface area contributed by atoms with Crippen LogP contribution in [0.2, 0.25) is 0 Å². The number of thioether (sulfide) groups is 1. The van der Waals surface area contributed by atoms with E-state index in [0.29, 0.717) is 12.1 Å². The van der Waals surface area contributed by atoms with E-state index in [0.717, 1.165) is 11.0 Å². The van der Waals surface area contributed by atoms with Crippen molar-refractivity contribution in [1.29, 1.82) is 0 Å². The molecule has 0 saturated carbocycles. The van der Waals surface area contributed by atoms with Gasteiger partial charge in [-0.3, -0.25) is 0 Å². The van der Waals surface area contributed by atoms with Gasteiger partial charge in [0.15, 0.2) is 0 Å². The third-order valence-electron chi connectivity index (χ3n) is 2.66. The van der Waals surface area contributed by atoms with Gasteiger partial charge in [-0.05, 0) is 38.3 Å². The minimum atomic E-state index is -2.80. The number of nitrogens with one attached hydrogen (secondary N) is 1. The first-order valence-electron chi connectivity index (χ1n) is 5.83. The number of rotatable bonds is 7. The van der Waals surface area contributed by atoms with E-state index in [2.05, 4.69) is 39.8 Å². The second-order valence-electron chi connectivity index (χ2n) is 4.70. The normalized spacial score (nSPS) is 11.9. The Morgan fingerprint density at radius 2 is 2.11 bits per heavy atom. The summed E-state index contributed by atoms with van der Waals surface area (Å²) in [5.41, 5.74) is 0.714. The fourth-order valence-electron chi connectivity index (χ4n) is 1.47. The molecule has 1 rings (SSSR count). The van der Waals surface area contributed by atoms with Gasteiger partial charge in [0, 0.05) is 27.9 Å². The van der Waals surface area contributed by atoms with Gasteiger partial charge < -0.3 is 10.1 Å². The van der Waals surface area contributed by atoms with Crippen molar-refractivity contribution in [3.8, 4) is 5.75 Å². The zero-order valence-electron chi connectivity index (χ0n) is 11.2. The molecule has 1 aromatic carbocycles. The molecular weight excluding hydrogens is 336 g/mol. The minimum Gasteiger partial charge on any atom is -0.434 e. The van der Waals surface area contributed by atoms with Crippen LogP contribution in [-0.4, -0.2) is 24.2 Å². The van der Waals surface area contributed by atoms with E-state index >= 15 is 0 Å². The van der Waals surface area contributed by atoms with Gasteiger partial charge in [0.2, 0.25) is 0 Å². The topological polar surface area (TPSA) is 21.3 Å². The molecule has 2 nitrogen and oxygen atoms in total. The summed E-state index contributed by atoms with van der Waals surface area (Å²) in [5.74, 6) is 0.215. The Kier molecular flexibility index (Phi) is 6.56.